The van der Waals surface area contributed by atoms with Crippen LogP contribution in [0.4, 0.5) is 14.9 Å². The minimum atomic E-state index is -0.556. The molecule has 0 aromatic heterocycles. The summed E-state index contributed by atoms with van der Waals surface area (Å²) >= 11 is 0. The fourth-order valence-corrected chi connectivity index (χ4v) is 2.66. The van der Waals surface area contributed by atoms with Crippen LogP contribution in [-0.2, 0) is 11.2 Å². The van der Waals surface area contributed by atoms with Gasteiger partial charge in [0.15, 0.2) is 0 Å². The Morgan fingerprint density at radius 2 is 2.05 bits per heavy atom. The van der Waals surface area contributed by atoms with Crippen molar-refractivity contribution in [3.8, 4) is 0 Å². The van der Waals surface area contributed by atoms with Crippen LogP contribution in [-0.4, -0.2) is 24.8 Å². The number of nitrogens with one attached hydrogen (secondary N) is 2. The third-order valence-corrected chi connectivity index (χ3v) is 3.67. The van der Waals surface area contributed by atoms with Crippen molar-refractivity contribution in [2.24, 2.45) is 5.92 Å². The molecule has 0 aliphatic carbocycles. The fraction of sp³-hybridized carbons (Fsp3) is 0.588. The lowest BCUT2D eigenvalue weighted by atomic mass is 9.90. The summed E-state index contributed by atoms with van der Waals surface area (Å²) in [4.78, 5) is 11.9. The quantitative estimate of drug-likeness (QED) is 0.895. The van der Waals surface area contributed by atoms with Gasteiger partial charge < -0.3 is 10.1 Å². The summed E-state index contributed by atoms with van der Waals surface area (Å²) in [5.74, 6) is 0.237. The number of carbonyl (C=O) groups is 1. The van der Waals surface area contributed by atoms with Crippen LogP contribution in [0.3, 0.4) is 0 Å². The molecule has 0 spiro atoms. The molecule has 1 aliphatic heterocycles. The lowest BCUT2D eigenvalue weighted by Crippen LogP contribution is -2.29. The van der Waals surface area contributed by atoms with Crippen LogP contribution < -0.4 is 10.6 Å². The summed E-state index contributed by atoms with van der Waals surface area (Å²) < 4.78 is 18.8. The predicted octanol–water partition coefficient (Wildman–Crippen LogP) is 3.71. The van der Waals surface area contributed by atoms with Gasteiger partial charge in [-0.1, -0.05) is 0 Å². The van der Waals surface area contributed by atoms with Crippen LogP contribution in [0.25, 0.3) is 0 Å². The minimum absolute atomic E-state index is 0.279. The van der Waals surface area contributed by atoms with Gasteiger partial charge >= 0.3 is 6.09 Å². The van der Waals surface area contributed by atoms with Gasteiger partial charge in [-0.3, -0.25) is 5.32 Å². The van der Waals surface area contributed by atoms with Crippen molar-refractivity contribution in [3.63, 3.8) is 0 Å². The summed E-state index contributed by atoms with van der Waals surface area (Å²) in [6, 6.07) is 4.48. The zero-order valence-electron chi connectivity index (χ0n) is 13.5. The molecular weight excluding hydrogens is 283 g/mol. The number of carbonyl (C=O) groups excluding carboxylic acids is 1. The van der Waals surface area contributed by atoms with E-state index in [4.69, 9.17) is 4.74 Å². The topological polar surface area (TPSA) is 50.4 Å². The van der Waals surface area contributed by atoms with Crippen molar-refractivity contribution < 1.29 is 13.9 Å². The standard InChI is InChI=1S/C17H25FN2O2/c1-17(2,3)22-16(21)20-15-5-4-14(18)11-13(15)10-12-6-8-19-9-7-12/h4-5,11-12,19H,6-10H2,1-3H3,(H,20,21). The first-order valence-corrected chi connectivity index (χ1v) is 7.82. The number of halogens is 1. The third-order valence-electron chi connectivity index (χ3n) is 3.67. The minimum Gasteiger partial charge on any atom is -0.444 e. The van der Waals surface area contributed by atoms with E-state index in [0.29, 0.717) is 11.6 Å². The second-order valence-corrected chi connectivity index (χ2v) is 6.83. The molecule has 0 radical (unpaired) electrons. The van der Waals surface area contributed by atoms with Gasteiger partial charge in [0, 0.05) is 5.69 Å². The number of rotatable bonds is 3. The average molecular weight is 308 g/mol. The molecule has 122 valence electrons. The Morgan fingerprint density at radius 1 is 1.36 bits per heavy atom. The number of amides is 1. The highest BCUT2D eigenvalue weighted by Gasteiger charge is 2.19. The van der Waals surface area contributed by atoms with Crippen molar-refractivity contribution in [2.45, 2.75) is 45.6 Å². The summed E-state index contributed by atoms with van der Waals surface area (Å²) in [5.41, 5.74) is 0.909. The molecule has 2 rings (SSSR count). The number of hydrogen-bond donors (Lipinski definition) is 2. The lowest BCUT2D eigenvalue weighted by molar-refractivity contribution is 0.0635. The summed E-state index contributed by atoms with van der Waals surface area (Å²) in [6.07, 6.45) is 2.40. The molecule has 1 heterocycles. The Balaban J connectivity index is 2.08. The second kappa shape index (κ2) is 7.09. The Morgan fingerprint density at radius 3 is 2.68 bits per heavy atom. The van der Waals surface area contributed by atoms with Crippen molar-refractivity contribution in [1.82, 2.24) is 5.32 Å². The average Bonchev–Trinajstić information content (AvgIpc) is 2.41. The molecule has 1 amide bonds. The highest BCUT2D eigenvalue weighted by Crippen LogP contribution is 2.25. The largest absolute Gasteiger partial charge is 0.444 e. The van der Waals surface area contributed by atoms with Gasteiger partial charge in [0.1, 0.15) is 11.4 Å². The number of ether oxygens (including phenoxy) is 1. The molecule has 1 saturated heterocycles. The van der Waals surface area contributed by atoms with Crippen molar-refractivity contribution >= 4 is 11.8 Å². The van der Waals surface area contributed by atoms with Crippen LogP contribution in [0.15, 0.2) is 18.2 Å². The molecule has 2 N–H and O–H groups in total. The maximum absolute atomic E-state index is 13.6. The number of benzene rings is 1. The second-order valence-electron chi connectivity index (χ2n) is 6.83. The normalized spacial score (nSPS) is 16.4. The monoisotopic (exact) mass is 308 g/mol. The number of piperidine rings is 1. The molecule has 5 heteroatoms. The SMILES string of the molecule is CC(C)(C)OC(=O)Nc1ccc(F)cc1CC1CCNCC1. The first-order chi connectivity index (χ1) is 10.3. The number of hydrogen-bond acceptors (Lipinski definition) is 3. The third kappa shape index (κ3) is 5.30. The molecule has 22 heavy (non-hydrogen) atoms. The van der Waals surface area contributed by atoms with E-state index in [1.807, 2.05) is 20.8 Å². The van der Waals surface area contributed by atoms with Gasteiger partial charge in [-0.05, 0) is 82.8 Å². The van der Waals surface area contributed by atoms with Gasteiger partial charge in [-0.15, -0.1) is 0 Å². The van der Waals surface area contributed by atoms with E-state index < -0.39 is 11.7 Å². The van der Waals surface area contributed by atoms with Gasteiger partial charge in [-0.2, -0.15) is 0 Å². The Kier molecular flexibility index (Phi) is 5.40. The molecule has 0 saturated carbocycles. The maximum Gasteiger partial charge on any atom is 0.412 e. The highest BCUT2D eigenvalue weighted by atomic mass is 19.1. The number of anilines is 1. The van der Waals surface area contributed by atoms with Gasteiger partial charge in [-0.25, -0.2) is 9.18 Å². The van der Waals surface area contributed by atoms with E-state index >= 15 is 0 Å². The molecule has 0 atom stereocenters. The maximum atomic E-state index is 13.6. The van der Waals surface area contributed by atoms with E-state index in [-0.39, 0.29) is 5.82 Å². The molecule has 1 aromatic rings. The molecule has 0 unspecified atom stereocenters. The predicted molar refractivity (Wildman–Crippen MR) is 85.6 cm³/mol. The zero-order valence-corrected chi connectivity index (χ0v) is 13.5. The summed E-state index contributed by atoms with van der Waals surface area (Å²) in [6.45, 7) is 7.43. The van der Waals surface area contributed by atoms with Crippen LogP contribution in [0.5, 0.6) is 0 Å². The summed E-state index contributed by atoms with van der Waals surface area (Å²) in [7, 11) is 0. The van der Waals surface area contributed by atoms with E-state index in [1.54, 1.807) is 6.07 Å². The smallest absolute Gasteiger partial charge is 0.412 e. The molecular formula is C17H25FN2O2. The van der Waals surface area contributed by atoms with E-state index in [0.717, 1.165) is 37.9 Å². The van der Waals surface area contributed by atoms with E-state index in [9.17, 15) is 9.18 Å². The van der Waals surface area contributed by atoms with E-state index in [1.165, 1.54) is 12.1 Å². The van der Waals surface area contributed by atoms with Gasteiger partial charge in [0.25, 0.3) is 0 Å². The van der Waals surface area contributed by atoms with E-state index in [2.05, 4.69) is 10.6 Å². The summed E-state index contributed by atoms with van der Waals surface area (Å²) in [5, 5.41) is 6.06. The van der Waals surface area contributed by atoms with Crippen LogP contribution in [0, 0.1) is 11.7 Å². The Labute approximate surface area is 131 Å². The van der Waals surface area contributed by atoms with Crippen LogP contribution >= 0.6 is 0 Å². The molecule has 4 nitrogen and oxygen atoms in total. The first-order valence-electron chi connectivity index (χ1n) is 7.82. The highest BCUT2D eigenvalue weighted by molar-refractivity contribution is 5.85. The van der Waals surface area contributed by atoms with Crippen LogP contribution in [0.1, 0.15) is 39.2 Å². The Hall–Kier alpha value is -1.62. The molecule has 0 bridgehead atoms. The van der Waals surface area contributed by atoms with Crippen molar-refractivity contribution in [1.29, 1.82) is 0 Å². The van der Waals surface area contributed by atoms with Gasteiger partial charge in [0.05, 0.1) is 0 Å². The Bertz CT molecular complexity index is 520. The molecule has 1 aliphatic rings. The zero-order chi connectivity index (χ0) is 16.2. The van der Waals surface area contributed by atoms with Gasteiger partial charge in [0.2, 0.25) is 0 Å². The molecule has 1 fully saturated rings. The first kappa shape index (κ1) is 16.7. The fourth-order valence-electron chi connectivity index (χ4n) is 2.66. The molecule has 1 aromatic carbocycles. The van der Waals surface area contributed by atoms with Crippen LogP contribution in [0.2, 0.25) is 0 Å². The van der Waals surface area contributed by atoms with Crippen molar-refractivity contribution in [3.05, 3.63) is 29.6 Å². The lowest BCUT2D eigenvalue weighted by Gasteiger charge is -2.24. The van der Waals surface area contributed by atoms with Crippen molar-refractivity contribution in [2.75, 3.05) is 18.4 Å².